The van der Waals surface area contributed by atoms with Crippen molar-refractivity contribution in [3.8, 4) is 0 Å². The van der Waals surface area contributed by atoms with Crippen LogP contribution in [0.1, 0.15) is 117 Å². The third kappa shape index (κ3) is 20.4. The quantitative estimate of drug-likeness (QED) is 0.231. The van der Waals surface area contributed by atoms with Crippen molar-refractivity contribution in [1.29, 1.82) is 0 Å². The topological polar surface area (TPSA) is 0 Å². The fraction of sp³-hybridized carbons (Fsp3) is 1.00. The van der Waals surface area contributed by atoms with E-state index in [0.717, 1.165) is 0 Å². The molecule has 0 unspecified atom stereocenters. The summed E-state index contributed by atoms with van der Waals surface area (Å²) >= 11 is 2.14. The molecular weight excluding hydrogens is 272 g/mol. The molecule has 0 saturated heterocycles. The highest BCUT2D eigenvalue weighted by Crippen LogP contribution is 2.14. The van der Waals surface area contributed by atoms with Crippen molar-refractivity contribution in [2.75, 3.05) is 11.5 Å². The normalized spacial score (nSPS) is 11.1. The summed E-state index contributed by atoms with van der Waals surface area (Å²) in [5.41, 5.74) is 0. The molecule has 0 aliphatic heterocycles. The van der Waals surface area contributed by atoms with Crippen LogP contribution in [-0.2, 0) is 0 Å². The Morgan fingerprint density at radius 1 is 0.381 bits per heavy atom. The van der Waals surface area contributed by atoms with Gasteiger partial charge in [0.05, 0.1) is 0 Å². The van der Waals surface area contributed by atoms with Gasteiger partial charge in [-0.2, -0.15) is 11.8 Å². The largest absolute Gasteiger partial charge is 0.162 e. The van der Waals surface area contributed by atoms with Gasteiger partial charge < -0.3 is 0 Å². The fourth-order valence-electron chi connectivity index (χ4n) is 2.82. The van der Waals surface area contributed by atoms with Crippen LogP contribution in [0.4, 0.5) is 0 Å². The second-order valence-electron chi connectivity index (χ2n) is 6.56. The molecule has 0 aliphatic carbocycles. The van der Waals surface area contributed by atoms with Crippen LogP contribution in [0.2, 0.25) is 0 Å². The zero-order valence-corrected chi connectivity index (χ0v) is 16.0. The molecule has 128 valence electrons. The highest BCUT2D eigenvalue weighted by atomic mass is 32.2. The molecule has 0 bridgehead atoms. The Balaban J connectivity index is 2.90. The molecule has 0 N–H and O–H groups in total. The Morgan fingerprint density at radius 2 is 0.762 bits per heavy atom. The van der Waals surface area contributed by atoms with E-state index >= 15 is 0 Å². The molecule has 0 nitrogen and oxygen atoms in total. The average Bonchev–Trinajstić information content (AvgIpc) is 2.50. The van der Waals surface area contributed by atoms with Gasteiger partial charge >= 0.3 is 0 Å². The highest BCUT2D eigenvalue weighted by molar-refractivity contribution is 7.99. The van der Waals surface area contributed by atoms with E-state index in [9.17, 15) is 0 Å². The zero-order chi connectivity index (χ0) is 15.4. The van der Waals surface area contributed by atoms with E-state index < -0.39 is 0 Å². The van der Waals surface area contributed by atoms with E-state index in [4.69, 9.17) is 0 Å². The molecule has 0 aliphatic rings. The van der Waals surface area contributed by atoms with Gasteiger partial charge in [-0.05, 0) is 24.3 Å². The number of hydrogen-bond acceptors (Lipinski definition) is 1. The van der Waals surface area contributed by atoms with Crippen molar-refractivity contribution in [2.24, 2.45) is 0 Å². The van der Waals surface area contributed by atoms with Gasteiger partial charge in [-0.1, -0.05) is 104 Å². The molecular formula is C20H42S. The van der Waals surface area contributed by atoms with Crippen LogP contribution in [0.3, 0.4) is 0 Å². The lowest BCUT2D eigenvalue weighted by molar-refractivity contribution is 0.535. The van der Waals surface area contributed by atoms with Crippen LogP contribution in [0.15, 0.2) is 0 Å². The summed E-state index contributed by atoms with van der Waals surface area (Å²) in [4.78, 5) is 0. The number of hydrogen-bond donors (Lipinski definition) is 0. The summed E-state index contributed by atoms with van der Waals surface area (Å²) in [7, 11) is 0. The van der Waals surface area contributed by atoms with Gasteiger partial charge in [-0.25, -0.2) is 0 Å². The molecule has 21 heavy (non-hydrogen) atoms. The first kappa shape index (κ1) is 21.4. The number of rotatable bonds is 18. The summed E-state index contributed by atoms with van der Waals surface area (Å²) in [6, 6.07) is 0. The first-order chi connectivity index (χ1) is 10.4. The Morgan fingerprint density at radius 3 is 1.14 bits per heavy atom. The minimum Gasteiger partial charge on any atom is -0.162 e. The lowest BCUT2D eigenvalue weighted by Gasteiger charge is -2.03. The second-order valence-corrected chi connectivity index (χ2v) is 7.79. The maximum Gasteiger partial charge on any atom is -0.00675 e. The van der Waals surface area contributed by atoms with Crippen molar-refractivity contribution in [3.63, 3.8) is 0 Å². The van der Waals surface area contributed by atoms with E-state index in [1.54, 1.807) is 0 Å². The smallest absolute Gasteiger partial charge is 0.00675 e. The Kier molecular flexibility index (Phi) is 20.7. The standard InChI is InChI=1S/C20H42S/c1-3-5-6-7-8-9-10-11-12-13-14-15-16-17-18-20-21-19-4-2/h3-20H2,1-2H3. The lowest BCUT2D eigenvalue weighted by atomic mass is 10.0. The predicted molar refractivity (Wildman–Crippen MR) is 103 cm³/mol. The zero-order valence-electron chi connectivity index (χ0n) is 15.1. The molecule has 0 rings (SSSR count). The first-order valence-electron chi connectivity index (χ1n) is 9.99. The summed E-state index contributed by atoms with van der Waals surface area (Å²) in [6.45, 7) is 4.57. The van der Waals surface area contributed by atoms with Gasteiger partial charge in [-0.3, -0.25) is 0 Å². The van der Waals surface area contributed by atoms with Gasteiger partial charge in [0, 0.05) is 0 Å². The van der Waals surface area contributed by atoms with Crippen molar-refractivity contribution in [1.82, 2.24) is 0 Å². The SMILES string of the molecule is CCCCCCCCCCCCCCCCCSCCC. The molecule has 0 spiro atoms. The maximum absolute atomic E-state index is 2.30. The van der Waals surface area contributed by atoms with E-state index in [1.807, 2.05) is 0 Å². The molecule has 0 aromatic rings. The van der Waals surface area contributed by atoms with Crippen LogP contribution in [0, 0.1) is 0 Å². The second kappa shape index (κ2) is 20.3. The Labute approximate surface area is 140 Å². The van der Waals surface area contributed by atoms with Crippen LogP contribution in [0.25, 0.3) is 0 Å². The summed E-state index contributed by atoms with van der Waals surface area (Å²) in [5.74, 6) is 2.75. The monoisotopic (exact) mass is 314 g/mol. The van der Waals surface area contributed by atoms with E-state index in [-0.39, 0.29) is 0 Å². The molecule has 0 heterocycles. The van der Waals surface area contributed by atoms with Gasteiger partial charge in [-0.15, -0.1) is 0 Å². The van der Waals surface area contributed by atoms with Crippen molar-refractivity contribution in [2.45, 2.75) is 117 Å². The van der Waals surface area contributed by atoms with Crippen molar-refractivity contribution in [3.05, 3.63) is 0 Å². The molecule has 0 fully saturated rings. The van der Waals surface area contributed by atoms with Crippen molar-refractivity contribution >= 4 is 11.8 Å². The third-order valence-electron chi connectivity index (χ3n) is 4.24. The van der Waals surface area contributed by atoms with Crippen LogP contribution < -0.4 is 0 Å². The van der Waals surface area contributed by atoms with Gasteiger partial charge in [0.15, 0.2) is 0 Å². The molecule has 0 radical (unpaired) electrons. The highest BCUT2D eigenvalue weighted by Gasteiger charge is 1.94. The van der Waals surface area contributed by atoms with Crippen LogP contribution >= 0.6 is 11.8 Å². The molecule has 0 aromatic heterocycles. The van der Waals surface area contributed by atoms with Crippen LogP contribution in [-0.4, -0.2) is 11.5 Å². The molecule has 1 heteroatoms. The van der Waals surface area contributed by atoms with E-state index in [0.29, 0.717) is 0 Å². The average molecular weight is 315 g/mol. The first-order valence-corrected chi connectivity index (χ1v) is 11.1. The number of unbranched alkanes of at least 4 members (excludes halogenated alkanes) is 14. The van der Waals surface area contributed by atoms with Crippen molar-refractivity contribution < 1.29 is 0 Å². The summed E-state index contributed by atoms with van der Waals surface area (Å²) < 4.78 is 0. The van der Waals surface area contributed by atoms with Crippen LogP contribution in [0.5, 0.6) is 0 Å². The molecule has 0 amide bonds. The fourth-order valence-corrected chi connectivity index (χ4v) is 3.72. The molecule has 0 aromatic carbocycles. The molecule has 0 saturated carbocycles. The maximum atomic E-state index is 2.30. The minimum atomic E-state index is 1.34. The van der Waals surface area contributed by atoms with E-state index in [1.165, 1.54) is 114 Å². The minimum absolute atomic E-state index is 1.34. The summed E-state index contributed by atoms with van der Waals surface area (Å²) in [6.07, 6.45) is 23.4. The predicted octanol–water partition coefficient (Wildman–Crippen LogP) is 8.00. The third-order valence-corrected chi connectivity index (χ3v) is 5.51. The summed E-state index contributed by atoms with van der Waals surface area (Å²) in [5, 5.41) is 0. The Hall–Kier alpha value is 0.350. The van der Waals surface area contributed by atoms with Gasteiger partial charge in [0.2, 0.25) is 0 Å². The molecule has 0 atom stereocenters. The van der Waals surface area contributed by atoms with Gasteiger partial charge in [0.25, 0.3) is 0 Å². The van der Waals surface area contributed by atoms with E-state index in [2.05, 4.69) is 25.6 Å². The van der Waals surface area contributed by atoms with Gasteiger partial charge in [0.1, 0.15) is 0 Å². The lowest BCUT2D eigenvalue weighted by Crippen LogP contribution is -1.85. The Bertz CT molecular complexity index is 149. The number of thioether (sulfide) groups is 1.